The standard InChI is InChI=1S/C13H15N3O2/c1-4-6-15-12-11(13(17)18-5-2)7-10(8-14)9(3)16-12/h4,7H,1,5-6H2,2-3H3,(H,15,16). The van der Waals surface area contributed by atoms with Crippen LogP contribution in [0.1, 0.15) is 28.5 Å². The highest BCUT2D eigenvalue weighted by atomic mass is 16.5. The van der Waals surface area contributed by atoms with Crippen LogP contribution >= 0.6 is 0 Å². The van der Waals surface area contributed by atoms with Crippen LogP contribution in [-0.4, -0.2) is 24.1 Å². The van der Waals surface area contributed by atoms with Crippen LogP contribution < -0.4 is 5.32 Å². The normalized spacial score (nSPS) is 9.39. The van der Waals surface area contributed by atoms with Gasteiger partial charge < -0.3 is 10.1 Å². The molecule has 94 valence electrons. The van der Waals surface area contributed by atoms with Gasteiger partial charge in [0.15, 0.2) is 0 Å². The van der Waals surface area contributed by atoms with E-state index in [0.29, 0.717) is 23.6 Å². The van der Waals surface area contributed by atoms with E-state index in [9.17, 15) is 4.79 Å². The molecule has 0 saturated heterocycles. The number of aromatic nitrogens is 1. The van der Waals surface area contributed by atoms with Crippen molar-refractivity contribution < 1.29 is 9.53 Å². The third kappa shape index (κ3) is 3.08. The topological polar surface area (TPSA) is 75.0 Å². The molecule has 5 nitrogen and oxygen atoms in total. The maximum Gasteiger partial charge on any atom is 0.341 e. The Bertz CT molecular complexity index is 504. The summed E-state index contributed by atoms with van der Waals surface area (Å²) in [5, 5.41) is 11.9. The lowest BCUT2D eigenvalue weighted by molar-refractivity contribution is 0.0527. The molecule has 18 heavy (non-hydrogen) atoms. The SMILES string of the molecule is C=CCNc1nc(C)c(C#N)cc1C(=O)OCC. The number of carbonyl (C=O) groups is 1. The number of hydrogen-bond acceptors (Lipinski definition) is 5. The smallest absolute Gasteiger partial charge is 0.341 e. The van der Waals surface area contributed by atoms with E-state index in [0.717, 1.165) is 0 Å². The van der Waals surface area contributed by atoms with E-state index < -0.39 is 5.97 Å². The third-order valence-corrected chi connectivity index (χ3v) is 2.24. The summed E-state index contributed by atoms with van der Waals surface area (Å²) in [6, 6.07) is 3.49. The molecule has 1 rings (SSSR count). The van der Waals surface area contributed by atoms with Crippen LogP contribution in [0.3, 0.4) is 0 Å². The van der Waals surface area contributed by atoms with Crippen molar-refractivity contribution in [2.45, 2.75) is 13.8 Å². The molecule has 0 aromatic carbocycles. The van der Waals surface area contributed by atoms with Crippen molar-refractivity contribution >= 4 is 11.8 Å². The summed E-state index contributed by atoms with van der Waals surface area (Å²) >= 11 is 0. The molecule has 0 radical (unpaired) electrons. The van der Waals surface area contributed by atoms with Crippen molar-refractivity contribution in [1.29, 1.82) is 5.26 Å². The zero-order valence-electron chi connectivity index (χ0n) is 10.5. The molecule has 0 amide bonds. The molecule has 1 heterocycles. The largest absolute Gasteiger partial charge is 0.462 e. The Morgan fingerprint density at radius 3 is 3.00 bits per heavy atom. The zero-order chi connectivity index (χ0) is 13.5. The van der Waals surface area contributed by atoms with Gasteiger partial charge in [-0.3, -0.25) is 0 Å². The Labute approximate surface area is 106 Å². The molecule has 0 unspecified atom stereocenters. The van der Waals surface area contributed by atoms with E-state index in [1.807, 2.05) is 6.07 Å². The number of carbonyl (C=O) groups excluding carboxylic acids is 1. The van der Waals surface area contributed by atoms with Crippen molar-refractivity contribution in [2.75, 3.05) is 18.5 Å². The molecular formula is C13H15N3O2. The summed E-state index contributed by atoms with van der Waals surface area (Å²) in [5.74, 6) is -0.0853. The number of aryl methyl sites for hydroxylation is 1. The fraction of sp³-hybridized carbons (Fsp3) is 0.308. The predicted molar refractivity (Wildman–Crippen MR) is 68.3 cm³/mol. The zero-order valence-corrected chi connectivity index (χ0v) is 10.5. The summed E-state index contributed by atoms with van der Waals surface area (Å²) in [5.41, 5.74) is 1.19. The number of hydrogen-bond donors (Lipinski definition) is 1. The molecule has 0 atom stereocenters. The molecule has 0 aliphatic rings. The van der Waals surface area contributed by atoms with Crippen LogP contribution in [0.5, 0.6) is 0 Å². The van der Waals surface area contributed by atoms with Gasteiger partial charge in [0.25, 0.3) is 0 Å². The first-order chi connectivity index (χ1) is 8.63. The predicted octanol–water partition coefficient (Wildman–Crippen LogP) is 2.04. The van der Waals surface area contributed by atoms with Gasteiger partial charge in [0.2, 0.25) is 0 Å². The molecular weight excluding hydrogens is 230 g/mol. The Kier molecular flexibility index (Phi) is 4.88. The van der Waals surface area contributed by atoms with Crippen LogP contribution in [0.4, 0.5) is 5.82 Å². The summed E-state index contributed by atoms with van der Waals surface area (Å²) in [6.45, 7) is 7.77. The van der Waals surface area contributed by atoms with Crippen molar-refractivity contribution in [3.05, 3.63) is 35.5 Å². The fourth-order valence-electron chi connectivity index (χ4n) is 1.39. The molecule has 1 N–H and O–H groups in total. The number of nitrogens with zero attached hydrogens (tertiary/aromatic N) is 2. The first-order valence-electron chi connectivity index (χ1n) is 5.57. The Morgan fingerprint density at radius 2 is 2.44 bits per heavy atom. The lowest BCUT2D eigenvalue weighted by atomic mass is 10.1. The van der Waals surface area contributed by atoms with Gasteiger partial charge in [0.05, 0.1) is 17.9 Å². The monoisotopic (exact) mass is 245 g/mol. The van der Waals surface area contributed by atoms with Gasteiger partial charge in [-0.1, -0.05) is 6.08 Å². The fourth-order valence-corrected chi connectivity index (χ4v) is 1.39. The molecule has 0 aliphatic heterocycles. The average molecular weight is 245 g/mol. The van der Waals surface area contributed by atoms with E-state index in [1.54, 1.807) is 19.9 Å². The number of nitrogens with one attached hydrogen (secondary N) is 1. The number of nitriles is 1. The van der Waals surface area contributed by atoms with Gasteiger partial charge in [0, 0.05) is 6.54 Å². The lowest BCUT2D eigenvalue weighted by Gasteiger charge is -2.10. The molecule has 0 spiro atoms. The Morgan fingerprint density at radius 1 is 1.72 bits per heavy atom. The van der Waals surface area contributed by atoms with Crippen LogP contribution in [0.25, 0.3) is 0 Å². The van der Waals surface area contributed by atoms with Crippen LogP contribution in [-0.2, 0) is 4.74 Å². The number of pyridine rings is 1. The second-order valence-electron chi connectivity index (χ2n) is 3.52. The minimum absolute atomic E-state index is 0.265. The van der Waals surface area contributed by atoms with Gasteiger partial charge >= 0.3 is 5.97 Å². The van der Waals surface area contributed by atoms with Crippen molar-refractivity contribution in [2.24, 2.45) is 0 Å². The van der Waals surface area contributed by atoms with Gasteiger partial charge in [0.1, 0.15) is 17.5 Å². The highest BCUT2D eigenvalue weighted by Crippen LogP contribution is 2.18. The minimum atomic E-state index is -0.493. The van der Waals surface area contributed by atoms with E-state index in [-0.39, 0.29) is 12.2 Å². The highest BCUT2D eigenvalue weighted by Gasteiger charge is 2.16. The maximum absolute atomic E-state index is 11.8. The van der Waals surface area contributed by atoms with E-state index in [4.69, 9.17) is 10.00 Å². The number of rotatable bonds is 5. The first-order valence-corrected chi connectivity index (χ1v) is 5.57. The molecule has 0 bridgehead atoms. The molecule has 0 saturated carbocycles. The summed E-state index contributed by atoms with van der Waals surface area (Å²) in [6.07, 6.45) is 1.66. The number of ether oxygens (including phenoxy) is 1. The van der Waals surface area contributed by atoms with Crippen molar-refractivity contribution in [1.82, 2.24) is 4.98 Å². The first kappa shape index (κ1) is 13.7. The van der Waals surface area contributed by atoms with Gasteiger partial charge in [-0.15, -0.1) is 6.58 Å². The van der Waals surface area contributed by atoms with Gasteiger partial charge in [-0.2, -0.15) is 5.26 Å². The summed E-state index contributed by atoms with van der Waals surface area (Å²) < 4.78 is 4.93. The van der Waals surface area contributed by atoms with Crippen molar-refractivity contribution in [3.8, 4) is 6.07 Å². The molecule has 1 aromatic rings. The summed E-state index contributed by atoms with van der Waals surface area (Å²) in [7, 11) is 0. The quantitative estimate of drug-likeness (QED) is 0.634. The number of anilines is 1. The molecule has 5 heteroatoms. The third-order valence-electron chi connectivity index (χ3n) is 2.24. The van der Waals surface area contributed by atoms with Gasteiger partial charge in [-0.25, -0.2) is 9.78 Å². The minimum Gasteiger partial charge on any atom is -0.462 e. The van der Waals surface area contributed by atoms with Gasteiger partial charge in [-0.05, 0) is 19.9 Å². The molecule has 1 aromatic heterocycles. The maximum atomic E-state index is 11.8. The molecule has 0 aliphatic carbocycles. The van der Waals surface area contributed by atoms with Crippen molar-refractivity contribution in [3.63, 3.8) is 0 Å². The Balaban J connectivity index is 3.21. The average Bonchev–Trinajstić information content (AvgIpc) is 2.36. The van der Waals surface area contributed by atoms with Crippen LogP contribution in [0.2, 0.25) is 0 Å². The second-order valence-corrected chi connectivity index (χ2v) is 3.52. The highest BCUT2D eigenvalue weighted by molar-refractivity contribution is 5.95. The van der Waals surface area contributed by atoms with E-state index in [1.165, 1.54) is 6.07 Å². The van der Waals surface area contributed by atoms with Crippen LogP contribution in [0, 0.1) is 18.3 Å². The Hall–Kier alpha value is -2.35. The second kappa shape index (κ2) is 6.40. The number of esters is 1. The molecule has 0 fully saturated rings. The van der Waals surface area contributed by atoms with E-state index in [2.05, 4.69) is 16.9 Å². The van der Waals surface area contributed by atoms with E-state index >= 15 is 0 Å². The lowest BCUT2D eigenvalue weighted by Crippen LogP contribution is -2.13. The summed E-state index contributed by atoms with van der Waals surface area (Å²) in [4.78, 5) is 16.0. The van der Waals surface area contributed by atoms with Crippen LogP contribution in [0.15, 0.2) is 18.7 Å².